The van der Waals surface area contributed by atoms with E-state index in [9.17, 15) is 0 Å². The molecule has 1 saturated heterocycles. The summed E-state index contributed by atoms with van der Waals surface area (Å²) in [6, 6.07) is 1.85. The molecule has 0 saturated carbocycles. The molecule has 0 aromatic carbocycles. The zero-order valence-corrected chi connectivity index (χ0v) is 11.4. The van der Waals surface area contributed by atoms with Crippen molar-refractivity contribution in [3.8, 4) is 0 Å². The lowest BCUT2D eigenvalue weighted by molar-refractivity contribution is 0.0501. The van der Waals surface area contributed by atoms with Gasteiger partial charge in [0.15, 0.2) is 5.82 Å². The molecule has 17 heavy (non-hydrogen) atoms. The number of hydrogen-bond donors (Lipinski definition) is 0. The van der Waals surface area contributed by atoms with Gasteiger partial charge in [-0.25, -0.2) is 9.97 Å². The van der Waals surface area contributed by atoms with E-state index in [1.807, 2.05) is 6.07 Å². The molecule has 0 spiro atoms. The van der Waals surface area contributed by atoms with E-state index in [2.05, 4.69) is 30.7 Å². The summed E-state index contributed by atoms with van der Waals surface area (Å²) in [5, 5.41) is 0.522. The molecule has 2 unspecified atom stereocenters. The third-order valence-corrected chi connectivity index (χ3v) is 3.10. The molecule has 2 rings (SSSR count). The highest BCUT2D eigenvalue weighted by Gasteiger charge is 2.26. The maximum Gasteiger partial charge on any atom is 0.159 e. The van der Waals surface area contributed by atoms with Gasteiger partial charge in [-0.05, 0) is 38.2 Å². The van der Waals surface area contributed by atoms with Crippen molar-refractivity contribution in [2.75, 3.05) is 0 Å². The van der Waals surface area contributed by atoms with E-state index in [4.69, 9.17) is 16.3 Å². The first kappa shape index (κ1) is 12.8. The average molecular weight is 255 g/mol. The van der Waals surface area contributed by atoms with Crippen molar-refractivity contribution in [2.24, 2.45) is 5.92 Å². The number of halogens is 1. The maximum atomic E-state index is 6.04. The molecule has 1 aliphatic rings. The lowest BCUT2D eigenvalue weighted by atomic mass is 10.1. The van der Waals surface area contributed by atoms with Crippen molar-refractivity contribution < 1.29 is 4.74 Å². The fourth-order valence-electron chi connectivity index (χ4n) is 2.14. The van der Waals surface area contributed by atoms with Gasteiger partial charge >= 0.3 is 0 Å². The Kier molecular flexibility index (Phi) is 4.00. The van der Waals surface area contributed by atoms with Crippen LogP contribution in [0, 0.1) is 5.92 Å². The fraction of sp³-hybridized carbons (Fsp3) is 0.692. The van der Waals surface area contributed by atoms with E-state index in [1.165, 1.54) is 0 Å². The Morgan fingerprint density at radius 2 is 2.18 bits per heavy atom. The molecule has 1 aromatic rings. The second-order valence-corrected chi connectivity index (χ2v) is 5.54. The molecule has 0 radical (unpaired) electrons. The van der Waals surface area contributed by atoms with Crippen LogP contribution in [0.2, 0.25) is 5.15 Å². The normalized spacial score (nSPS) is 24.5. The summed E-state index contributed by atoms with van der Waals surface area (Å²) in [5.41, 5.74) is 1.01. The largest absolute Gasteiger partial charge is 0.367 e. The Morgan fingerprint density at radius 3 is 2.76 bits per heavy atom. The number of aromatic nitrogens is 2. The lowest BCUT2D eigenvalue weighted by Crippen LogP contribution is -2.08. The number of nitrogens with zero attached hydrogens (tertiary/aromatic N) is 2. The van der Waals surface area contributed by atoms with E-state index < -0.39 is 0 Å². The van der Waals surface area contributed by atoms with Crippen molar-refractivity contribution in [1.82, 2.24) is 9.97 Å². The van der Waals surface area contributed by atoms with Crippen LogP contribution in [0.3, 0.4) is 0 Å². The third kappa shape index (κ3) is 3.39. The van der Waals surface area contributed by atoms with Crippen LogP contribution in [0.5, 0.6) is 0 Å². The highest BCUT2D eigenvalue weighted by atomic mass is 35.5. The predicted octanol–water partition coefficient (Wildman–Crippen LogP) is 3.57. The summed E-state index contributed by atoms with van der Waals surface area (Å²) in [7, 11) is 0. The second-order valence-electron chi connectivity index (χ2n) is 5.15. The van der Waals surface area contributed by atoms with E-state index in [0.717, 1.165) is 30.8 Å². The molecule has 0 N–H and O–H groups in total. The molecule has 0 aliphatic carbocycles. The molecule has 0 bridgehead atoms. The SMILES string of the molecule is CC(C)Cc1cc(Cl)nc(C2CCC(C)O2)n1. The Balaban J connectivity index is 2.19. The van der Waals surface area contributed by atoms with E-state index in [1.54, 1.807) is 0 Å². The van der Waals surface area contributed by atoms with Crippen molar-refractivity contribution in [1.29, 1.82) is 0 Å². The predicted molar refractivity (Wildman–Crippen MR) is 68.1 cm³/mol. The van der Waals surface area contributed by atoms with E-state index >= 15 is 0 Å². The molecular formula is C13H19ClN2O. The van der Waals surface area contributed by atoms with Gasteiger partial charge in [-0.3, -0.25) is 0 Å². The van der Waals surface area contributed by atoms with Crippen LogP contribution in [0.15, 0.2) is 6.07 Å². The molecule has 3 nitrogen and oxygen atoms in total. The van der Waals surface area contributed by atoms with Gasteiger partial charge in [0.25, 0.3) is 0 Å². The number of rotatable bonds is 3. The number of ether oxygens (including phenoxy) is 1. The minimum absolute atomic E-state index is 0.0228. The van der Waals surface area contributed by atoms with Crippen LogP contribution in [0.1, 0.15) is 51.2 Å². The van der Waals surface area contributed by atoms with Gasteiger partial charge < -0.3 is 4.74 Å². The van der Waals surface area contributed by atoms with Gasteiger partial charge in [0.2, 0.25) is 0 Å². The molecule has 0 amide bonds. The quantitative estimate of drug-likeness (QED) is 0.774. The number of hydrogen-bond acceptors (Lipinski definition) is 3. The van der Waals surface area contributed by atoms with Gasteiger partial charge in [-0.15, -0.1) is 0 Å². The Morgan fingerprint density at radius 1 is 1.41 bits per heavy atom. The minimum Gasteiger partial charge on any atom is -0.367 e. The highest BCUT2D eigenvalue weighted by molar-refractivity contribution is 6.29. The molecule has 1 aromatic heterocycles. The summed E-state index contributed by atoms with van der Waals surface area (Å²) in [5.74, 6) is 1.31. The Hall–Kier alpha value is -0.670. The fourth-order valence-corrected chi connectivity index (χ4v) is 2.36. The van der Waals surface area contributed by atoms with Crippen LogP contribution >= 0.6 is 11.6 Å². The third-order valence-electron chi connectivity index (χ3n) is 2.90. The van der Waals surface area contributed by atoms with Gasteiger partial charge in [0.1, 0.15) is 11.3 Å². The highest BCUT2D eigenvalue weighted by Crippen LogP contribution is 2.31. The van der Waals surface area contributed by atoms with Gasteiger partial charge in [-0.2, -0.15) is 0 Å². The van der Waals surface area contributed by atoms with E-state index in [-0.39, 0.29) is 6.10 Å². The van der Waals surface area contributed by atoms with Crippen molar-refractivity contribution in [2.45, 2.75) is 52.2 Å². The van der Waals surface area contributed by atoms with Crippen LogP contribution in [-0.4, -0.2) is 16.1 Å². The maximum absolute atomic E-state index is 6.04. The van der Waals surface area contributed by atoms with Crippen molar-refractivity contribution in [3.63, 3.8) is 0 Å². The monoisotopic (exact) mass is 254 g/mol. The average Bonchev–Trinajstić information content (AvgIpc) is 2.62. The molecule has 4 heteroatoms. The van der Waals surface area contributed by atoms with Gasteiger partial charge in [0.05, 0.1) is 6.10 Å². The summed E-state index contributed by atoms with van der Waals surface area (Å²) in [6.07, 6.45) is 3.31. The van der Waals surface area contributed by atoms with Crippen LogP contribution in [0.4, 0.5) is 0 Å². The summed E-state index contributed by atoms with van der Waals surface area (Å²) in [4.78, 5) is 8.86. The lowest BCUT2D eigenvalue weighted by Gasteiger charge is -2.12. The van der Waals surface area contributed by atoms with Crippen LogP contribution < -0.4 is 0 Å². The Bertz CT molecular complexity index is 395. The first-order valence-corrected chi connectivity index (χ1v) is 6.61. The van der Waals surface area contributed by atoms with Crippen molar-refractivity contribution in [3.05, 3.63) is 22.7 Å². The first-order chi connectivity index (χ1) is 8.04. The molecule has 1 aliphatic heterocycles. The van der Waals surface area contributed by atoms with Crippen LogP contribution in [-0.2, 0) is 11.2 Å². The van der Waals surface area contributed by atoms with Crippen LogP contribution in [0.25, 0.3) is 0 Å². The first-order valence-electron chi connectivity index (χ1n) is 6.23. The summed E-state index contributed by atoms with van der Waals surface area (Å²) >= 11 is 6.04. The summed E-state index contributed by atoms with van der Waals surface area (Å²) < 4.78 is 5.78. The standard InChI is InChI=1S/C13H19ClN2O/c1-8(2)6-10-7-12(14)16-13(15-10)11-5-4-9(3)17-11/h7-9,11H,4-6H2,1-3H3. The van der Waals surface area contributed by atoms with Gasteiger partial charge in [-0.1, -0.05) is 25.4 Å². The zero-order valence-electron chi connectivity index (χ0n) is 10.6. The van der Waals surface area contributed by atoms with Crippen molar-refractivity contribution >= 4 is 11.6 Å². The van der Waals surface area contributed by atoms with E-state index in [0.29, 0.717) is 17.2 Å². The summed E-state index contributed by atoms with van der Waals surface area (Å²) in [6.45, 7) is 6.42. The molecule has 94 valence electrons. The minimum atomic E-state index is 0.0228. The Labute approximate surface area is 108 Å². The molecular weight excluding hydrogens is 236 g/mol. The topological polar surface area (TPSA) is 35.0 Å². The van der Waals surface area contributed by atoms with Gasteiger partial charge in [0, 0.05) is 5.69 Å². The second kappa shape index (κ2) is 5.32. The zero-order chi connectivity index (χ0) is 12.4. The molecule has 1 fully saturated rings. The molecule has 2 heterocycles. The smallest absolute Gasteiger partial charge is 0.159 e. The molecule has 2 atom stereocenters.